The molecule has 10 atom stereocenters. The normalized spacial score (nSPS) is 38.6. The molecule has 39 heavy (non-hydrogen) atoms. The zero-order valence-electron chi connectivity index (χ0n) is 22.1. The van der Waals surface area contributed by atoms with Crippen LogP contribution in [-0.4, -0.2) is 133 Å². The van der Waals surface area contributed by atoms with Gasteiger partial charge in [-0.1, -0.05) is 0 Å². The third kappa shape index (κ3) is 9.53. The van der Waals surface area contributed by atoms with E-state index >= 15 is 0 Å². The summed E-state index contributed by atoms with van der Waals surface area (Å²) in [6.45, 7) is 1.34. The number of nitrogens with two attached hydrogens (primary N) is 2. The molecule has 0 aromatic carbocycles. The Bertz CT molecular complexity index is 909. The van der Waals surface area contributed by atoms with Gasteiger partial charge < -0.3 is 61.3 Å². The van der Waals surface area contributed by atoms with Crippen molar-refractivity contribution in [2.24, 2.45) is 11.5 Å². The molecule has 1 aliphatic carbocycles. The third-order valence-electron chi connectivity index (χ3n) is 6.80. The van der Waals surface area contributed by atoms with Crippen LogP contribution in [0.5, 0.6) is 0 Å². The number of sulfonamides is 1. The average Bonchev–Trinajstić information content (AvgIpc) is 2.85. The van der Waals surface area contributed by atoms with E-state index in [1.54, 1.807) is 0 Å². The minimum atomic E-state index is -3.83. The molecule has 0 aromatic heterocycles. The molecule has 2 fully saturated rings. The van der Waals surface area contributed by atoms with Gasteiger partial charge in [-0.2, -0.15) is 0 Å². The first-order valence-electron chi connectivity index (χ1n) is 13.2. The number of aliphatic hydroxyl groups is 5. The molecular weight excluding hydrogens is 540 g/mol. The molecule has 2 aliphatic heterocycles. The van der Waals surface area contributed by atoms with Crippen molar-refractivity contribution in [2.45, 2.75) is 93.4 Å². The zero-order chi connectivity index (χ0) is 28.8. The Morgan fingerprint density at radius 2 is 2.03 bits per heavy atom. The largest absolute Gasteiger partial charge is 0.468 e. The molecule has 1 saturated carbocycles. The fourth-order valence-corrected chi connectivity index (χ4v) is 6.01. The summed E-state index contributed by atoms with van der Waals surface area (Å²) in [4.78, 5) is 0. The first-order chi connectivity index (χ1) is 18.3. The average molecular weight is 585 g/mol. The van der Waals surface area contributed by atoms with Gasteiger partial charge in [0.25, 0.3) is 0 Å². The zero-order valence-corrected chi connectivity index (χ0v) is 22.9. The molecular formula is C23H44N4O11S. The van der Waals surface area contributed by atoms with E-state index in [0.29, 0.717) is 18.6 Å². The molecule has 0 amide bonds. The Kier molecular flexibility index (Phi) is 11.9. The number of nitrogens with one attached hydrogen (secondary N) is 2. The van der Waals surface area contributed by atoms with Gasteiger partial charge in [-0.25, -0.2) is 13.1 Å². The summed E-state index contributed by atoms with van der Waals surface area (Å²) in [7, 11) is -3.83. The highest BCUT2D eigenvalue weighted by Gasteiger charge is 2.49. The topological polar surface area (TPSA) is 248 Å². The standard InChI is InChI=1S/C23H44N4O11S/c1-23(32)8-17(30)22(35-12-23)38-21-16(27-39(33,34)6-5-24)7-15(25)20(19(21)31)37-18-4-2-3-14(36-18)10-26-9-13(29)11-28/h3,13,15-22,26-32H,2,4-12,24-25H2,1H3/t13?,15-,16+,17+,18+,19-,20+,21-,22+,23+/m0/s1. The summed E-state index contributed by atoms with van der Waals surface area (Å²) >= 11 is 0. The third-order valence-corrected chi connectivity index (χ3v) is 8.24. The molecule has 0 radical (unpaired) electrons. The number of hydrogen-bond acceptors (Lipinski definition) is 14. The predicted octanol–water partition coefficient (Wildman–Crippen LogP) is -4.08. The number of ether oxygens (including phenoxy) is 4. The van der Waals surface area contributed by atoms with Crippen LogP contribution in [0.25, 0.3) is 0 Å². The highest BCUT2D eigenvalue weighted by atomic mass is 32.2. The van der Waals surface area contributed by atoms with Gasteiger partial charge in [0.05, 0.1) is 43.3 Å². The highest BCUT2D eigenvalue weighted by Crippen LogP contribution is 2.32. The molecule has 0 bridgehead atoms. The molecule has 15 nitrogen and oxygen atoms in total. The molecule has 16 heteroatoms. The van der Waals surface area contributed by atoms with E-state index in [4.69, 9.17) is 35.5 Å². The van der Waals surface area contributed by atoms with Crippen LogP contribution in [-0.2, 0) is 29.0 Å². The summed E-state index contributed by atoms with van der Waals surface area (Å²) in [6.07, 6.45) is -4.86. The van der Waals surface area contributed by atoms with Crippen LogP contribution < -0.4 is 21.5 Å². The number of rotatable bonds is 13. The van der Waals surface area contributed by atoms with Crippen LogP contribution in [0, 0.1) is 0 Å². The van der Waals surface area contributed by atoms with Crippen LogP contribution in [0.1, 0.15) is 32.6 Å². The van der Waals surface area contributed by atoms with E-state index < -0.39 is 70.8 Å². The molecule has 0 spiro atoms. The summed E-state index contributed by atoms with van der Waals surface area (Å²) in [5.74, 6) is 0.211. The van der Waals surface area contributed by atoms with E-state index in [1.165, 1.54) is 6.92 Å². The maximum absolute atomic E-state index is 12.5. The first kappa shape index (κ1) is 32.5. The Morgan fingerprint density at radius 3 is 2.69 bits per heavy atom. The predicted molar refractivity (Wildman–Crippen MR) is 137 cm³/mol. The molecule has 3 aliphatic rings. The van der Waals surface area contributed by atoms with Crippen molar-refractivity contribution < 1.29 is 52.9 Å². The van der Waals surface area contributed by atoms with Gasteiger partial charge in [0.2, 0.25) is 10.0 Å². The first-order valence-corrected chi connectivity index (χ1v) is 14.8. The van der Waals surface area contributed by atoms with E-state index in [2.05, 4.69) is 10.0 Å². The van der Waals surface area contributed by atoms with Gasteiger partial charge in [0.1, 0.15) is 30.2 Å². The monoisotopic (exact) mass is 584 g/mol. The molecule has 1 unspecified atom stereocenters. The van der Waals surface area contributed by atoms with Crippen LogP contribution in [0.3, 0.4) is 0 Å². The molecule has 0 aromatic rings. The van der Waals surface area contributed by atoms with Crippen molar-refractivity contribution in [1.29, 1.82) is 0 Å². The quantitative estimate of drug-likeness (QED) is 0.0999. The Hall–Kier alpha value is -0.990. The van der Waals surface area contributed by atoms with E-state index in [9.17, 15) is 28.8 Å². The van der Waals surface area contributed by atoms with Crippen LogP contribution in [0.4, 0.5) is 0 Å². The van der Waals surface area contributed by atoms with Crippen LogP contribution in [0.15, 0.2) is 11.8 Å². The van der Waals surface area contributed by atoms with E-state index in [1.807, 2.05) is 6.08 Å². The van der Waals surface area contributed by atoms with Gasteiger partial charge >= 0.3 is 0 Å². The second-order valence-corrected chi connectivity index (χ2v) is 12.5. The SMILES string of the molecule is C[C@]1(O)CO[C@H](O[C@@H]2[C@@H](O)[C@H](O[C@@H]3CCC=C(CNCC(O)CO)O3)[C@@H](N)C[C@H]2NS(=O)(=O)CCN)[C@H](O)C1. The van der Waals surface area contributed by atoms with Gasteiger partial charge in [0, 0.05) is 32.0 Å². The Balaban J connectivity index is 1.70. The lowest BCUT2D eigenvalue weighted by molar-refractivity contribution is -0.296. The lowest BCUT2D eigenvalue weighted by Gasteiger charge is -2.46. The second-order valence-electron chi connectivity index (χ2n) is 10.6. The minimum absolute atomic E-state index is 0.0345. The summed E-state index contributed by atoms with van der Waals surface area (Å²) in [5.41, 5.74) is 10.5. The minimum Gasteiger partial charge on any atom is -0.468 e. The van der Waals surface area contributed by atoms with Crippen molar-refractivity contribution >= 4 is 10.0 Å². The lowest BCUT2D eigenvalue weighted by Crippen LogP contribution is -2.66. The van der Waals surface area contributed by atoms with E-state index in [-0.39, 0.29) is 51.4 Å². The molecule has 228 valence electrons. The maximum Gasteiger partial charge on any atom is 0.213 e. The highest BCUT2D eigenvalue weighted by molar-refractivity contribution is 7.89. The lowest BCUT2D eigenvalue weighted by atomic mass is 9.84. The van der Waals surface area contributed by atoms with Gasteiger partial charge in [-0.05, 0) is 25.8 Å². The van der Waals surface area contributed by atoms with Crippen molar-refractivity contribution in [3.05, 3.63) is 11.8 Å². The summed E-state index contributed by atoms with van der Waals surface area (Å²) in [6, 6.07) is -1.78. The smallest absolute Gasteiger partial charge is 0.213 e. The fraction of sp³-hybridized carbons (Fsp3) is 0.913. The maximum atomic E-state index is 12.5. The van der Waals surface area contributed by atoms with Crippen LogP contribution in [0.2, 0.25) is 0 Å². The Labute approximate surface area is 228 Å². The summed E-state index contributed by atoms with van der Waals surface area (Å²) in [5, 5.41) is 53.4. The van der Waals surface area contributed by atoms with Crippen molar-refractivity contribution in [3.8, 4) is 0 Å². The molecule has 11 N–H and O–H groups in total. The fourth-order valence-electron chi connectivity index (χ4n) is 4.89. The van der Waals surface area contributed by atoms with Crippen LogP contribution >= 0.6 is 0 Å². The Morgan fingerprint density at radius 1 is 1.28 bits per heavy atom. The van der Waals surface area contributed by atoms with Gasteiger partial charge in [-0.15, -0.1) is 0 Å². The molecule has 2 heterocycles. The van der Waals surface area contributed by atoms with Gasteiger partial charge in [-0.3, -0.25) is 0 Å². The second kappa shape index (κ2) is 14.3. The van der Waals surface area contributed by atoms with Crippen molar-refractivity contribution in [3.63, 3.8) is 0 Å². The summed E-state index contributed by atoms with van der Waals surface area (Å²) < 4.78 is 50.9. The number of allylic oxidation sites excluding steroid dienone is 1. The van der Waals surface area contributed by atoms with Crippen molar-refractivity contribution in [1.82, 2.24) is 10.0 Å². The molecule has 1 saturated heterocycles. The van der Waals surface area contributed by atoms with Crippen molar-refractivity contribution in [2.75, 3.05) is 38.6 Å². The number of aliphatic hydroxyl groups excluding tert-OH is 4. The molecule has 3 rings (SSSR count). The number of hydrogen-bond donors (Lipinski definition) is 9. The van der Waals surface area contributed by atoms with E-state index in [0.717, 1.165) is 0 Å². The van der Waals surface area contributed by atoms with Gasteiger partial charge in [0.15, 0.2) is 12.6 Å².